The smallest absolute Gasteiger partial charge is 0.243 e. The van der Waals surface area contributed by atoms with Crippen LogP contribution in [0.3, 0.4) is 0 Å². The molecule has 10 heteroatoms. The monoisotopic (exact) mass is 540 g/mol. The van der Waals surface area contributed by atoms with Gasteiger partial charge in [-0.15, -0.1) is 24.0 Å². The normalized spacial score (nSPS) is 15.3. The van der Waals surface area contributed by atoms with E-state index in [9.17, 15) is 9.59 Å². The highest BCUT2D eigenvalue weighted by Gasteiger charge is 2.21. The fourth-order valence-electron chi connectivity index (χ4n) is 2.92. The number of piperidine rings is 1. The standard InChI is InChI=1S/C20H40N6O3.HI/c1-5-10-21-18(27)16-26-12-8-17(9-13-26)24-20(22-11-7-14-29-6-2)23-15-19(28)25(3)4;/h17H,5-16H2,1-4H3,(H,21,27)(H2,22,23,24);1H. The number of hydrogen-bond acceptors (Lipinski definition) is 5. The van der Waals surface area contributed by atoms with E-state index in [2.05, 4.69) is 25.8 Å². The van der Waals surface area contributed by atoms with Gasteiger partial charge in [-0.25, -0.2) is 4.99 Å². The van der Waals surface area contributed by atoms with E-state index >= 15 is 0 Å². The van der Waals surface area contributed by atoms with E-state index in [-0.39, 0.29) is 48.4 Å². The maximum absolute atomic E-state index is 11.9. The maximum atomic E-state index is 11.9. The van der Waals surface area contributed by atoms with Crippen LogP contribution in [0.1, 0.15) is 39.5 Å². The Kier molecular flexibility index (Phi) is 16.9. The second-order valence-corrected chi connectivity index (χ2v) is 7.47. The fourth-order valence-corrected chi connectivity index (χ4v) is 2.92. The fraction of sp³-hybridized carbons (Fsp3) is 0.850. The van der Waals surface area contributed by atoms with Gasteiger partial charge in [0.15, 0.2) is 5.96 Å². The van der Waals surface area contributed by atoms with E-state index in [1.165, 1.54) is 4.90 Å². The summed E-state index contributed by atoms with van der Waals surface area (Å²) < 4.78 is 5.36. The Bertz CT molecular complexity index is 511. The number of nitrogens with one attached hydrogen (secondary N) is 3. The molecule has 0 aromatic rings. The van der Waals surface area contributed by atoms with E-state index in [1.54, 1.807) is 14.1 Å². The Labute approximate surface area is 198 Å². The summed E-state index contributed by atoms with van der Waals surface area (Å²) in [6.45, 7) is 9.22. The SMILES string of the molecule is CCCNC(=O)CN1CCC(NC(=NCC(=O)N(C)C)NCCCOCC)CC1.I. The van der Waals surface area contributed by atoms with Crippen molar-refractivity contribution in [2.24, 2.45) is 4.99 Å². The Morgan fingerprint density at radius 2 is 1.83 bits per heavy atom. The van der Waals surface area contributed by atoms with Gasteiger partial charge in [0.05, 0.1) is 6.54 Å². The molecule has 0 spiro atoms. The quantitative estimate of drug-likeness (QED) is 0.146. The number of carbonyl (C=O) groups excluding carboxylic acids is 2. The Balaban J connectivity index is 0.00000841. The van der Waals surface area contributed by atoms with Crippen LogP contribution in [0, 0.1) is 0 Å². The van der Waals surface area contributed by atoms with Crippen LogP contribution in [0.5, 0.6) is 0 Å². The Morgan fingerprint density at radius 3 is 2.43 bits per heavy atom. The molecule has 0 unspecified atom stereocenters. The third kappa shape index (κ3) is 13.2. The summed E-state index contributed by atoms with van der Waals surface area (Å²) in [4.78, 5) is 31.9. The van der Waals surface area contributed by atoms with Crippen LogP contribution in [-0.2, 0) is 14.3 Å². The van der Waals surface area contributed by atoms with Crippen molar-refractivity contribution in [1.29, 1.82) is 0 Å². The minimum absolute atomic E-state index is 0. The van der Waals surface area contributed by atoms with Crippen molar-refractivity contribution in [3.8, 4) is 0 Å². The van der Waals surface area contributed by atoms with Crippen LogP contribution in [0.2, 0.25) is 0 Å². The van der Waals surface area contributed by atoms with Crippen molar-refractivity contribution in [1.82, 2.24) is 25.8 Å². The lowest BCUT2D eigenvalue weighted by Crippen LogP contribution is -2.50. The number of ether oxygens (including phenoxy) is 1. The molecule has 30 heavy (non-hydrogen) atoms. The van der Waals surface area contributed by atoms with Gasteiger partial charge in [-0.2, -0.15) is 0 Å². The minimum atomic E-state index is -0.0340. The summed E-state index contributed by atoms with van der Waals surface area (Å²) in [6.07, 6.45) is 3.69. The van der Waals surface area contributed by atoms with E-state index in [4.69, 9.17) is 4.74 Å². The average Bonchev–Trinajstić information content (AvgIpc) is 2.71. The third-order valence-corrected chi connectivity index (χ3v) is 4.70. The van der Waals surface area contributed by atoms with Gasteiger partial charge in [0, 0.05) is 59.5 Å². The molecule has 0 aromatic carbocycles. The molecule has 0 atom stereocenters. The largest absolute Gasteiger partial charge is 0.382 e. The first-order valence-electron chi connectivity index (χ1n) is 10.8. The molecule has 0 aromatic heterocycles. The zero-order chi connectivity index (χ0) is 21.5. The average molecular weight is 540 g/mol. The molecule has 1 aliphatic rings. The van der Waals surface area contributed by atoms with Crippen LogP contribution in [0.4, 0.5) is 0 Å². The molecular weight excluding hydrogens is 499 g/mol. The second-order valence-electron chi connectivity index (χ2n) is 7.47. The predicted molar refractivity (Wildman–Crippen MR) is 131 cm³/mol. The van der Waals surface area contributed by atoms with E-state index in [0.29, 0.717) is 25.7 Å². The van der Waals surface area contributed by atoms with Crippen molar-refractivity contribution in [3.63, 3.8) is 0 Å². The summed E-state index contributed by atoms with van der Waals surface area (Å²) in [7, 11) is 3.46. The van der Waals surface area contributed by atoms with Gasteiger partial charge in [0.25, 0.3) is 0 Å². The van der Waals surface area contributed by atoms with E-state index in [1.807, 2.05) is 13.8 Å². The number of halogens is 1. The highest BCUT2D eigenvalue weighted by atomic mass is 127. The number of carbonyl (C=O) groups is 2. The molecule has 0 radical (unpaired) electrons. The first-order chi connectivity index (χ1) is 14.0. The first kappa shape index (κ1) is 28.9. The van der Waals surface area contributed by atoms with Gasteiger partial charge in [-0.05, 0) is 32.6 Å². The highest BCUT2D eigenvalue weighted by molar-refractivity contribution is 14.0. The van der Waals surface area contributed by atoms with Crippen LogP contribution in [0.15, 0.2) is 4.99 Å². The van der Waals surface area contributed by atoms with Crippen LogP contribution in [0.25, 0.3) is 0 Å². The molecule has 1 saturated heterocycles. The van der Waals surface area contributed by atoms with Gasteiger partial charge in [-0.3, -0.25) is 14.5 Å². The number of nitrogens with zero attached hydrogens (tertiary/aromatic N) is 3. The minimum Gasteiger partial charge on any atom is -0.382 e. The van der Waals surface area contributed by atoms with Crippen molar-refractivity contribution in [3.05, 3.63) is 0 Å². The Morgan fingerprint density at radius 1 is 1.13 bits per heavy atom. The van der Waals surface area contributed by atoms with Gasteiger partial charge in [0.2, 0.25) is 11.8 Å². The number of amides is 2. The molecule has 9 nitrogen and oxygen atoms in total. The lowest BCUT2D eigenvalue weighted by Gasteiger charge is -2.32. The Hall–Kier alpha value is -1.14. The van der Waals surface area contributed by atoms with Gasteiger partial charge >= 0.3 is 0 Å². The lowest BCUT2D eigenvalue weighted by molar-refractivity contribution is -0.127. The zero-order valence-corrected chi connectivity index (χ0v) is 21.4. The molecule has 176 valence electrons. The number of guanidine groups is 1. The molecule has 1 fully saturated rings. The van der Waals surface area contributed by atoms with Crippen LogP contribution < -0.4 is 16.0 Å². The second kappa shape index (κ2) is 17.5. The van der Waals surface area contributed by atoms with E-state index in [0.717, 1.165) is 51.9 Å². The predicted octanol–water partition coefficient (Wildman–Crippen LogP) is 0.645. The van der Waals surface area contributed by atoms with Gasteiger partial charge in [-0.1, -0.05) is 6.92 Å². The summed E-state index contributed by atoms with van der Waals surface area (Å²) in [5.41, 5.74) is 0. The molecule has 1 aliphatic heterocycles. The number of likely N-dealkylation sites (tertiary alicyclic amines) is 1. The molecule has 0 aliphatic carbocycles. The third-order valence-electron chi connectivity index (χ3n) is 4.70. The molecule has 1 heterocycles. The maximum Gasteiger partial charge on any atom is 0.243 e. The van der Waals surface area contributed by atoms with Crippen LogP contribution in [-0.4, -0.2) is 100 Å². The number of hydrogen-bond donors (Lipinski definition) is 3. The first-order valence-corrected chi connectivity index (χ1v) is 10.8. The van der Waals surface area contributed by atoms with Gasteiger partial charge < -0.3 is 25.6 Å². The number of aliphatic imine (C=N–C) groups is 1. The van der Waals surface area contributed by atoms with Crippen molar-refractivity contribution in [2.75, 3.05) is 66.6 Å². The molecule has 3 N–H and O–H groups in total. The van der Waals surface area contributed by atoms with Crippen LogP contribution >= 0.6 is 24.0 Å². The summed E-state index contributed by atoms with van der Waals surface area (Å²) in [5, 5.41) is 9.67. The van der Waals surface area contributed by atoms with Crippen molar-refractivity contribution in [2.45, 2.75) is 45.6 Å². The summed E-state index contributed by atoms with van der Waals surface area (Å²) >= 11 is 0. The lowest BCUT2D eigenvalue weighted by atomic mass is 10.1. The van der Waals surface area contributed by atoms with E-state index < -0.39 is 0 Å². The zero-order valence-electron chi connectivity index (χ0n) is 19.0. The molecular formula is C20H41IN6O3. The number of rotatable bonds is 12. The summed E-state index contributed by atoms with van der Waals surface area (Å²) in [5.74, 6) is 0.725. The molecule has 0 saturated carbocycles. The molecule has 1 rings (SSSR count). The van der Waals surface area contributed by atoms with Gasteiger partial charge in [0.1, 0.15) is 6.54 Å². The number of likely N-dealkylation sites (N-methyl/N-ethyl adjacent to an activating group) is 1. The van der Waals surface area contributed by atoms with Crippen molar-refractivity contribution >= 4 is 41.8 Å². The summed E-state index contributed by atoms with van der Waals surface area (Å²) in [6, 6.07) is 0.276. The topological polar surface area (TPSA) is 98.3 Å². The molecule has 2 amide bonds. The molecule has 0 bridgehead atoms. The highest BCUT2D eigenvalue weighted by Crippen LogP contribution is 2.09. The van der Waals surface area contributed by atoms with Crippen molar-refractivity contribution < 1.29 is 14.3 Å².